The lowest BCUT2D eigenvalue weighted by Gasteiger charge is -2.30. The number of Topliss-reactive ketones (excluding diaryl/α,β-unsaturated/α-hetero) is 1. The fraction of sp³-hybridized carbons (Fsp3) is 0.538. The Bertz CT molecular complexity index is 945. The molecule has 2 N–H and O–H groups in total. The van der Waals surface area contributed by atoms with Crippen molar-refractivity contribution in [1.82, 2.24) is 0 Å². The number of primary amides is 1. The van der Waals surface area contributed by atoms with Crippen LogP contribution in [0.4, 0.5) is 0 Å². The van der Waals surface area contributed by atoms with Crippen LogP contribution in [0.15, 0.2) is 12.1 Å². The van der Waals surface area contributed by atoms with Crippen LogP contribution in [0.25, 0.3) is 0 Å². The summed E-state index contributed by atoms with van der Waals surface area (Å²) >= 11 is 1.74. The lowest BCUT2D eigenvalue weighted by Crippen LogP contribution is -2.22. The van der Waals surface area contributed by atoms with Gasteiger partial charge in [0.15, 0.2) is 5.78 Å². The van der Waals surface area contributed by atoms with Crippen molar-refractivity contribution >= 4 is 23.0 Å². The van der Waals surface area contributed by atoms with Gasteiger partial charge in [0.25, 0.3) is 0 Å². The van der Waals surface area contributed by atoms with Gasteiger partial charge in [-0.05, 0) is 91.2 Å². The number of hydrogen-bond acceptors (Lipinski definition) is 3. The van der Waals surface area contributed by atoms with Gasteiger partial charge in [0.05, 0.1) is 4.88 Å². The molecule has 1 aromatic heterocycles. The van der Waals surface area contributed by atoms with Gasteiger partial charge < -0.3 is 5.73 Å². The number of carbonyl (C=O) groups is 2. The zero-order chi connectivity index (χ0) is 22.1. The summed E-state index contributed by atoms with van der Waals surface area (Å²) in [6, 6.07) is 4.33. The highest BCUT2D eigenvalue weighted by molar-refractivity contribution is 7.14. The highest BCUT2D eigenvalue weighted by Crippen LogP contribution is 2.42. The van der Waals surface area contributed by atoms with Crippen molar-refractivity contribution in [2.24, 2.45) is 11.1 Å². The second-order valence-electron chi connectivity index (χ2n) is 9.60. The first kappa shape index (κ1) is 22.7. The molecule has 1 aliphatic rings. The number of ketones is 1. The number of thiophene rings is 1. The van der Waals surface area contributed by atoms with Gasteiger partial charge in [0, 0.05) is 17.7 Å². The molecular weight excluding hydrogens is 390 g/mol. The van der Waals surface area contributed by atoms with Crippen molar-refractivity contribution in [1.29, 1.82) is 0 Å². The van der Waals surface area contributed by atoms with E-state index < -0.39 is 0 Å². The van der Waals surface area contributed by atoms with E-state index in [0.29, 0.717) is 30.5 Å². The molecule has 1 heterocycles. The number of aryl methyl sites for hydroxylation is 4. The normalized spacial score (nSPS) is 15.1. The minimum atomic E-state index is -0.266. The fourth-order valence-electron chi connectivity index (χ4n) is 4.80. The number of hydrogen-bond donors (Lipinski definition) is 1. The van der Waals surface area contributed by atoms with E-state index in [1.54, 1.807) is 11.3 Å². The second kappa shape index (κ2) is 9.05. The molecule has 1 aliphatic carbocycles. The Kier molecular flexibility index (Phi) is 6.86. The summed E-state index contributed by atoms with van der Waals surface area (Å²) in [4.78, 5) is 26.7. The molecule has 3 nitrogen and oxygen atoms in total. The molecule has 4 heteroatoms. The van der Waals surface area contributed by atoms with Gasteiger partial charge in [-0.15, -0.1) is 11.3 Å². The lowest BCUT2D eigenvalue weighted by molar-refractivity contribution is -0.117. The number of benzene rings is 1. The molecule has 0 fully saturated rings. The molecule has 1 amide bonds. The summed E-state index contributed by atoms with van der Waals surface area (Å²) in [6.07, 6.45) is 6.68. The van der Waals surface area contributed by atoms with Gasteiger partial charge in [-0.3, -0.25) is 9.59 Å². The van der Waals surface area contributed by atoms with E-state index in [1.807, 2.05) is 0 Å². The largest absolute Gasteiger partial charge is 0.370 e. The highest BCUT2D eigenvalue weighted by atomic mass is 32.1. The molecule has 0 saturated heterocycles. The van der Waals surface area contributed by atoms with Crippen LogP contribution in [-0.2, 0) is 36.9 Å². The molecule has 0 spiro atoms. The van der Waals surface area contributed by atoms with Crippen molar-refractivity contribution in [3.05, 3.63) is 55.3 Å². The number of rotatable bonds is 8. The second-order valence-corrected chi connectivity index (χ2v) is 10.7. The van der Waals surface area contributed by atoms with E-state index >= 15 is 0 Å². The molecule has 162 valence electrons. The van der Waals surface area contributed by atoms with Crippen LogP contribution in [-0.4, -0.2) is 11.7 Å². The predicted octanol–water partition coefficient (Wildman–Crippen LogP) is 5.68. The minimum Gasteiger partial charge on any atom is -0.370 e. The third kappa shape index (κ3) is 5.03. The maximum atomic E-state index is 13.2. The van der Waals surface area contributed by atoms with Gasteiger partial charge >= 0.3 is 0 Å². The van der Waals surface area contributed by atoms with Gasteiger partial charge in [-0.25, -0.2) is 0 Å². The van der Waals surface area contributed by atoms with Gasteiger partial charge in [0.1, 0.15) is 0 Å². The van der Waals surface area contributed by atoms with Gasteiger partial charge in [-0.2, -0.15) is 0 Å². The summed E-state index contributed by atoms with van der Waals surface area (Å²) in [6.45, 7) is 11.0. The molecule has 0 atom stereocenters. The standard InChI is InChI=1S/C26H35NO2S/c1-6-23-21-15-26(4,5)12-11-20(21)25(30-23)22(28)9-7-18-13-16(2)19(17(3)14-18)8-10-24(27)29/h13-14H,6-12,15H2,1-5H3,(H2,27,29). The maximum absolute atomic E-state index is 13.2. The molecular formula is C26H35NO2S. The Hall–Kier alpha value is -1.94. The van der Waals surface area contributed by atoms with Crippen LogP contribution in [0.3, 0.4) is 0 Å². The molecule has 2 aromatic rings. The first-order chi connectivity index (χ1) is 14.1. The van der Waals surface area contributed by atoms with E-state index in [1.165, 1.54) is 38.3 Å². The van der Waals surface area contributed by atoms with Crippen LogP contribution in [0.5, 0.6) is 0 Å². The zero-order valence-corrected chi connectivity index (χ0v) is 19.9. The van der Waals surface area contributed by atoms with Crippen molar-refractivity contribution in [2.45, 2.75) is 86.0 Å². The summed E-state index contributed by atoms with van der Waals surface area (Å²) in [5.41, 5.74) is 13.2. The highest BCUT2D eigenvalue weighted by Gasteiger charge is 2.31. The van der Waals surface area contributed by atoms with Crippen molar-refractivity contribution in [2.75, 3.05) is 0 Å². The lowest BCUT2D eigenvalue weighted by atomic mass is 9.74. The van der Waals surface area contributed by atoms with Crippen molar-refractivity contribution in [3.63, 3.8) is 0 Å². The van der Waals surface area contributed by atoms with Gasteiger partial charge in [0.2, 0.25) is 5.91 Å². The fourth-order valence-corrected chi connectivity index (χ4v) is 6.08. The topological polar surface area (TPSA) is 60.2 Å². The van der Waals surface area contributed by atoms with E-state index in [0.717, 1.165) is 37.0 Å². The number of nitrogens with two attached hydrogens (primary N) is 1. The van der Waals surface area contributed by atoms with Crippen LogP contribution < -0.4 is 5.73 Å². The Morgan fingerprint density at radius 1 is 1.07 bits per heavy atom. The van der Waals surface area contributed by atoms with Crippen LogP contribution in [0.1, 0.15) is 88.0 Å². The first-order valence-corrected chi connectivity index (χ1v) is 12.0. The maximum Gasteiger partial charge on any atom is 0.217 e. The smallest absolute Gasteiger partial charge is 0.217 e. The molecule has 0 aliphatic heterocycles. The molecule has 1 aromatic carbocycles. The molecule has 30 heavy (non-hydrogen) atoms. The quantitative estimate of drug-likeness (QED) is 0.554. The summed E-state index contributed by atoms with van der Waals surface area (Å²) in [5.74, 6) is 0.0290. The van der Waals surface area contributed by atoms with E-state index in [-0.39, 0.29) is 5.91 Å². The van der Waals surface area contributed by atoms with Crippen molar-refractivity contribution in [3.8, 4) is 0 Å². The third-order valence-corrected chi connectivity index (χ3v) is 7.96. The average molecular weight is 426 g/mol. The number of amides is 1. The van der Waals surface area contributed by atoms with E-state index in [9.17, 15) is 9.59 Å². The van der Waals surface area contributed by atoms with E-state index in [2.05, 4.69) is 46.8 Å². The Morgan fingerprint density at radius 2 is 1.73 bits per heavy atom. The summed E-state index contributed by atoms with van der Waals surface area (Å²) < 4.78 is 0. The molecule has 3 rings (SSSR count). The molecule has 0 radical (unpaired) electrons. The SMILES string of the molecule is CCc1sc(C(=O)CCc2cc(C)c(CCC(N)=O)c(C)c2)c2c1CC(C)(C)CC2. The van der Waals surface area contributed by atoms with Crippen LogP contribution in [0.2, 0.25) is 0 Å². The molecule has 0 saturated carbocycles. The zero-order valence-electron chi connectivity index (χ0n) is 19.1. The summed E-state index contributed by atoms with van der Waals surface area (Å²) in [5, 5.41) is 0. The monoisotopic (exact) mass is 425 g/mol. The first-order valence-electron chi connectivity index (χ1n) is 11.1. The predicted molar refractivity (Wildman–Crippen MR) is 126 cm³/mol. The molecule has 0 unspecified atom stereocenters. The Labute approximate surface area is 185 Å². The van der Waals surface area contributed by atoms with Crippen LogP contribution in [0, 0.1) is 19.3 Å². The number of fused-ring (bicyclic) bond motifs is 1. The third-order valence-electron chi connectivity index (χ3n) is 6.50. The van der Waals surface area contributed by atoms with Crippen molar-refractivity contribution < 1.29 is 9.59 Å². The van der Waals surface area contributed by atoms with Crippen LogP contribution >= 0.6 is 11.3 Å². The number of carbonyl (C=O) groups excluding carboxylic acids is 2. The molecule has 0 bridgehead atoms. The van der Waals surface area contributed by atoms with E-state index in [4.69, 9.17) is 5.73 Å². The Morgan fingerprint density at radius 3 is 2.33 bits per heavy atom. The Balaban J connectivity index is 1.74. The average Bonchev–Trinajstić information content (AvgIpc) is 3.01. The van der Waals surface area contributed by atoms with Gasteiger partial charge in [-0.1, -0.05) is 32.9 Å². The minimum absolute atomic E-state index is 0.266. The summed E-state index contributed by atoms with van der Waals surface area (Å²) in [7, 11) is 0.